The van der Waals surface area contributed by atoms with Gasteiger partial charge in [0.15, 0.2) is 5.65 Å². The Balaban J connectivity index is 1.46. The van der Waals surface area contributed by atoms with Crippen molar-refractivity contribution >= 4 is 17.0 Å². The number of thiazole rings is 1. The van der Waals surface area contributed by atoms with Crippen LogP contribution in [0.4, 0.5) is 0 Å². The summed E-state index contributed by atoms with van der Waals surface area (Å²) in [5, 5.41) is 22.2. The molecule has 0 atom stereocenters. The zero-order valence-electron chi connectivity index (χ0n) is 18.5. The van der Waals surface area contributed by atoms with E-state index in [9.17, 15) is 0 Å². The maximum atomic E-state index is 8.92. The number of H-pyrrole nitrogens is 1. The first-order chi connectivity index (χ1) is 15.5. The second-order valence-corrected chi connectivity index (χ2v) is 9.79. The lowest BCUT2D eigenvalue weighted by Gasteiger charge is -2.29. The molecule has 1 N–H and O–H groups in total. The minimum Gasteiger partial charge on any atom is -0.291 e. The van der Waals surface area contributed by atoms with Crippen molar-refractivity contribution in [3.8, 4) is 28.0 Å². The minimum atomic E-state index is 0.284. The molecule has 0 unspecified atom stereocenters. The van der Waals surface area contributed by atoms with Crippen LogP contribution in [-0.2, 0) is 0 Å². The first kappa shape index (κ1) is 20.8. The standard InChI is InChI=1S/C23H26N8S/c1-14(2)19-20(17-10-15(3)22-26-13-27-31(22)12-17)28-29-21(19)23-25-11-18(32-23)16-4-7-30(8-5-16)9-6-24/h10-14,16H,4-5,7-9H2,1-3H3,(H,28,29). The number of aromatic amines is 1. The molecular weight excluding hydrogens is 420 g/mol. The first-order valence-corrected chi connectivity index (χ1v) is 11.8. The van der Waals surface area contributed by atoms with Crippen molar-refractivity contribution in [2.45, 2.75) is 45.4 Å². The molecule has 1 aliphatic heterocycles. The highest BCUT2D eigenvalue weighted by molar-refractivity contribution is 7.15. The zero-order valence-corrected chi connectivity index (χ0v) is 19.4. The van der Waals surface area contributed by atoms with Crippen LogP contribution in [0.5, 0.6) is 0 Å². The number of likely N-dealkylation sites (tertiary alicyclic amines) is 1. The van der Waals surface area contributed by atoms with E-state index in [2.05, 4.69) is 53.0 Å². The highest BCUT2D eigenvalue weighted by atomic mass is 32.1. The Morgan fingerprint density at radius 2 is 2.09 bits per heavy atom. The predicted octanol–water partition coefficient (Wildman–Crippen LogP) is 4.38. The average Bonchev–Trinajstić information content (AvgIpc) is 3.52. The van der Waals surface area contributed by atoms with Crippen molar-refractivity contribution < 1.29 is 0 Å². The molecule has 164 valence electrons. The Kier molecular flexibility index (Phi) is 5.49. The highest BCUT2D eigenvalue weighted by Gasteiger charge is 2.25. The molecule has 9 heteroatoms. The van der Waals surface area contributed by atoms with Crippen molar-refractivity contribution in [2.75, 3.05) is 19.6 Å². The fourth-order valence-electron chi connectivity index (χ4n) is 4.59. The maximum Gasteiger partial charge on any atom is 0.158 e. The maximum absolute atomic E-state index is 8.92. The van der Waals surface area contributed by atoms with Crippen LogP contribution in [-0.4, -0.2) is 54.3 Å². The number of nitrogens with one attached hydrogen (secondary N) is 1. The van der Waals surface area contributed by atoms with Crippen molar-refractivity contribution in [1.29, 1.82) is 5.26 Å². The van der Waals surface area contributed by atoms with Gasteiger partial charge in [-0.05, 0) is 56.3 Å². The van der Waals surface area contributed by atoms with E-state index >= 15 is 0 Å². The molecule has 0 bridgehead atoms. The van der Waals surface area contributed by atoms with Crippen LogP contribution in [0.2, 0.25) is 0 Å². The largest absolute Gasteiger partial charge is 0.291 e. The van der Waals surface area contributed by atoms with Gasteiger partial charge in [-0.1, -0.05) is 13.8 Å². The van der Waals surface area contributed by atoms with Gasteiger partial charge in [-0.3, -0.25) is 10.00 Å². The summed E-state index contributed by atoms with van der Waals surface area (Å²) in [5.74, 6) is 0.793. The fraction of sp³-hybridized carbons (Fsp3) is 0.435. The molecule has 4 aromatic rings. The van der Waals surface area contributed by atoms with Crippen LogP contribution >= 0.6 is 11.3 Å². The molecule has 4 aromatic heterocycles. The molecule has 1 aliphatic rings. The van der Waals surface area contributed by atoms with Crippen LogP contribution in [0, 0.1) is 18.3 Å². The van der Waals surface area contributed by atoms with E-state index in [4.69, 9.17) is 15.3 Å². The second-order valence-electron chi connectivity index (χ2n) is 8.73. The third kappa shape index (κ3) is 3.70. The summed E-state index contributed by atoms with van der Waals surface area (Å²) < 4.78 is 1.81. The van der Waals surface area contributed by atoms with E-state index in [0.717, 1.165) is 59.1 Å². The summed E-state index contributed by atoms with van der Waals surface area (Å²) in [6.45, 7) is 8.90. The van der Waals surface area contributed by atoms with Gasteiger partial charge in [0.25, 0.3) is 0 Å². The van der Waals surface area contributed by atoms with Crippen LogP contribution in [0.1, 0.15) is 54.5 Å². The summed E-state index contributed by atoms with van der Waals surface area (Å²) in [6.07, 6.45) is 7.75. The molecule has 5 heterocycles. The van der Waals surface area contributed by atoms with Gasteiger partial charge in [-0.25, -0.2) is 14.5 Å². The first-order valence-electron chi connectivity index (χ1n) is 11.0. The molecule has 1 fully saturated rings. The summed E-state index contributed by atoms with van der Waals surface area (Å²) in [5.41, 5.74) is 6.11. The lowest BCUT2D eigenvalue weighted by molar-refractivity contribution is 0.236. The van der Waals surface area contributed by atoms with E-state index in [0.29, 0.717) is 12.5 Å². The number of fused-ring (bicyclic) bond motifs is 1. The minimum absolute atomic E-state index is 0.284. The molecule has 0 spiro atoms. The second kappa shape index (κ2) is 8.45. The molecule has 0 amide bonds. The average molecular weight is 447 g/mol. The van der Waals surface area contributed by atoms with Gasteiger partial charge < -0.3 is 0 Å². The molecule has 5 rings (SSSR count). The smallest absolute Gasteiger partial charge is 0.158 e. The lowest BCUT2D eigenvalue weighted by Crippen LogP contribution is -2.32. The summed E-state index contributed by atoms with van der Waals surface area (Å²) in [4.78, 5) is 12.6. The van der Waals surface area contributed by atoms with E-state index in [-0.39, 0.29) is 5.92 Å². The molecular formula is C23H26N8S. The van der Waals surface area contributed by atoms with Gasteiger partial charge in [0, 0.05) is 28.4 Å². The summed E-state index contributed by atoms with van der Waals surface area (Å²) in [7, 11) is 0. The number of rotatable bonds is 5. The monoisotopic (exact) mass is 446 g/mol. The Morgan fingerprint density at radius 3 is 2.84 bits per heavy atom. The van der Waals surface area contributed by atoms with Crippen molar-refractivity contribution in [1.82, 2.24) is 34.7 Å². The van der Waals surface area contributed by atoms with Gasteiger partial charge in [0.2, 0.25) is 0 Å². The van der Waals surface area contributed by atoms with Crippen LogP contribution < -0.4 is 0 Å². The van der Waals surface area contributed by atoms with E-state index in [1.54, 1.807) is 17.7 Å². The molecule has 0 aliphatic carbocycles. The Bertz CT molecular complexity index is 1280. The number of aryl methyl sites for hydroxylation is 1. The normalized spacial score (nSPS) is 15.6. The van der Waals surface area contributed by atoms with Crippen molar-refractivity contribution in [3.63, 3.8) is 0 Å². The number of aromatic nitrogens is 6. The molecule has 1 saturated heterocycles. The quantitative estimate of drug-likeness (QED) is 0.457. The van der Waals surface area contributed by atoms with Gasteiger partial charge >= 0.3 is 0 Å². The Morgan fingerprint density at radius 1 is 1.28 bits per heavy atom. The number of nitrogens with zero attached hydrogens (tertiary/aromatic N) is 7. The van der Waals surface area contributed by atoms with Crippen molar-refractivity contribution in [3.05, 3.63) is 40.8 Å². The number of pyridine rings is 1. The third-order valence-corrected chi connectivity index (χ3v) is 7.41. The number of hydrogen-bond donors (Lipinski definition) is 1. The van der Waals surface area contributed by atoms with Gasteiger partial charge in [0.05, 0.1) is 18.3 Å². The molecule has 0 aromatic carbocycles. The third-order valence-electron chi connectivity index (χ3n) is 6.24. The Labute approximate surface area is 190 Å². The van der Waals surface area contributed by atoms with Gasteiger partial charge in [0.1, 0.15) is 17.0 Å². The number of nitriles is 1. The zero-order chi connectivity index (χ0) is 22.2. The fourth-order valence-corrected chi connectivity index (χ4v) is 5.68. The molecule has 8 nitrogen and oxygen atoms in total. The van der Waals surface area contributed by atoms with E-state index < -0.39 is 0 Å². The molecule has 0 saturated carbocycles. The lowest BCUT2D eigenvalue weighted by atomic mass is 9.96. The van der Waals surface area contributed by atoms with Crippen LogP contribution in [0.3, 0.4) is 0 Å². The number of piperidine rings is 1. The van der Waals surface area contributed by atoms with Gasteiger partial charge in [-0.15, -0.1) is 11.3 Å². The summed E-state index contributed by atoms with van der Waals surface area (Å²) >= 11 is 1.75. The van der Waals surface area contributed by atoms with Crippen molar-refractivity contribution in [2.24, 2.45) is 0 Å². The molecule has 0 radical (unpaired) electrons. The van der Waals surface area contributed by atoms with E-state index in [1.807, 2.05) is 16.9 Å². The SMILES string of the molecule is Cc1cc(-c2[nH]nc(-c3ncc(C4CCN(CC#N)CC4)s3)c2C(C)C)cn2ncnc12. The topological polar surface area (TPSA) is 98.8 Å². The number of hydrogen-bond acceptors (Lipinski definition) is 7. The summed E-state index contributed by atoms with van der Waals surface area (Å²) in [6, 6.07) is 4.39. The highest BCUT2D eigenvalue weighted by Crippen LogP contribution is 2.40. The Hall–Kier alpha value is -3.09. The van der Waals surface area contributed by atoms with E-state index in [1.165, 1.54) is 10.4 Å². The van der Waals surface area contributed by atoms with Gasteiger partial charge in [-0.2, -0.15) is 15.5 Å². The molecule has 32 heavy (non-hydrogen) atoms. The van der Waals surface area contributed by atoms with Crippen LogP contribution in [0.25, 0.3) is 27.6 Å². The predicted molar refractivity (Wildman–Crippen MR) is 125 cm³/mol. The van der Waals surface area contributed by atoms with Crippen LogP contribution in [0.15, 0.2) is 24.8 Å².